The number of nitrogens with one attached hydrogen (secondary N) is 3. The van der Waals surface area contributed by atoms with Crippen LogP contribution in [0.15, 0.2) is 41.3 Å². The number of aryl methyl sites for hydroxylation is 1. The van der Waals surface area contributed by atoms with Gasteiger partial charge in [0.25, 0.3) is 5.56 Å². The third kappa shape index (κ3) is 5.16. The number of nitrogens with zero attached hydrogens (tertiary/aromatic N) is 5. The van der Waals surface area contributed by atoms with Gasteiger partial charge in [-0.15, -0.1) is 0 Å². The average Bonchev–Trinajstić information content (AvgIpc) is 3.27. The van der Waals surface area contributed by atoms with Crippen molar-refractivity contribution in [3.8, 4) is 11.1 Å². The first kappa shape index (κ1) is 25.8. The molecule has 0 aliphatic carbocycles. The van der Waals surface area contributed by atoms with Crippen LogP contribution in [0.2, 0.25) is 0 Å². The van der Waals surface area contributed by atoms with Crippen LogP contribution in [-0.2, 0) is 12.5 Å². The molecule has 0 bridgehead atoms. The number of fused-ring (bicyclic) bond motifs is 1. The zero-order valence-electron chi connectivity index (χ0n) is 22.0. The van der Waals surface area contributed by atoms with E-state index in [0.717, 1.165) is 5.69 Å². The number of amides is 2. The van der Waals surface area contributed by atoms with Crippen LogP contribution in [0.25, 0.3) is 22.2 Å². The van der Waals surface area contributed by atoms with Crippen molar-refractivity contribution in [1.29, 1.82) is 0 Å². The lowest BCUT2D eigenvalue weighted by Gasteiger charge is -2.15. The summed E-state index contributed by atoms with van der Waals surface area (Å²) in [5.74, 6) is 0.257. The third-order valence-corrected chi connectivity index (χ3v) is 5.93. The molecule has 0 unspecified atom stereocenters. The van der Waals surface area contributed by atoms with Crippen molar-refractivity contribution in [1.82, 2.24) is 24.3 Å². The van der Waals surface area contributed by atoms with Crippen molar-refractivity contribution in [2.24, 2.45) is 7.05 Å². The fourth-order valence-corrected chi connectivity index (χ4v) is 3.88. The average molecular weight is 507 g/mol. The molecule has 0 atom stereocenters. The molecule has 3 N–H and O–H groups in total. The van der Waals surface area contributed by atoms with Crippen molar-refractivity contribution >= 4 is 34.5 Å². The predicted octanol–water partition coefficient (Wildman–Crippen LogP) is 4.90. The van der Waals surface area contributed by atoms with E-state index in [9.17, 15) is 14.0 Å². The Kier molecular flexibility index (Phi) is 6.72. The summed E-state index contributed by atoms with van der Waals surface area (Å²) in [6.45, 7) is 10.0. The first-order chi connectivity index (χ1) is 17.4. The number of aromatic nitrogens is 5. The molecule has 1 aromatic carbocycles. The molecule has 4 rings (SSSR count). The van der Waals surface area contributed by atoms with Crippen LogP contribution in [0.3, 0.4) is 0 Å². The molecule has 3 aromatic heterocycles. The van der Waals surface area contributed by atoms with Crippen molar-refractivity contribution in [3.05, 3.63) is 58.4 Å². The smallest absolute Gasteiger partial charge is 0.324 e. The van der Waals surface area contributed by atoms with E-state index >= 15 is 0 Å². The van der Waals surface area contributed by atoms with E-state index in [2.05, 4.69) is 31.0 Å². The summed E-state index contributed by atoms with van der Waals surface area (Å²) in [6, 6.07) is 6.98. The van der Waals surface area contributed by atoms with Crippen molar-refractivity contribution < 1.29 is 9.18 Å². The van der Waals surface area contributed by atoms with Crippen molar-refractivity contribution in [3.63, 3.8) is 0 Å². The standard InChI is InChI=1S/C26H31FN8O2/c1-14(2)35-21(12-20(33-35)26(3,4)5)31-25(37)30-19-11-15(8-9-18(19)27)17-10-16-13-29-24(28-6)32-22(16)34(7)23(17)36/h8-14H,1-7H3,(H,28,29,32)(H2,30,31,37). The van der Waals surface area contributed by atoms with Gasteiger partial charge in [0.1, 0.15) is 17.3 Å². The van der Waals surface area contributed by atoms with E-state index in [-0.39, 0.29) is 22.7 Å². The van der Waals surface area contributed by atoms with E-state index in [1.54, 1.807) is 31.0 Å². The van der Waals surface area contributed by atoms with Crippen LogP contribution >= 0.6 is 0 Å². The van der Waals surface area contributed by atoms with Crippen LogP contribution in [0.1, 0.15) is 46.4 Å². The Balaban J connectivity index is 1.65. The van der Waals surface area contributed by atoms with Crippen molar-refractivity contribution in [2.75, 3.05) is 23.0 Å². The molecule has 2 amide bonds. The van der Waals surface area contributed by atoms with E-state index in [1.807, 2.05) is 40.7 Å². The molecule has 194 valence electrons. The van der Waals surface area contributed by atoms with E-state index in [0.29, 0.717) is 33.9 Å². The highest BCUT2D eigenvalue weighted by molar-refractivity contribution is 6.00. The van der Waals surface area contributed by atoms with Gasteiger partial charge in [0.2, 0.25) is 5.95 Å². The quantitative estimate of drug-likeness (QED) is 0.354. The zero-order chi connectivity index (χ0) is 27.1. The third-order valence-electron chi connectivity index (χ3n) is 5.93. The van der Waals surface area contributed by atoms with E-state index in [4.69, 9.17) is 0 Å². The number of urea groups is 1. The Morgan fingerprint density at radius 2 is 1.84 bits per heavy atom. The lowest BCUT2D eigenvalue weighted by atomic mass is 9.92. The number of benzene rings is 1. The summed E-state index contributed by atoms with van der Waals surface area (Å²) >= 11 is 0. The molecule has 0 aliphatic heterocycles. The Labute approximate surface area is 213 Å². The summed E-state index contributed by atoms with van der Waals surface area (Å²) in [7, 11) is 3.30. The lowest BCUT2D eigenvalue weighted by Crippen LogP contribution is -2.23. The number of halogens is 1. The second-order valence-electron chi connectivity index (χ2n) is 10.1. The molecule has 0 saturated carbocycles. The summed E-state index contributed by atoms with van der Waals surface area (Å²) in [4.78, 5) is 34.5. The van der Waals surface area contributed by atoms with E-state index < -0.39 is 11.8 Å². The number of hydrogen-bond acceptors (Lipinski definition) is 6. The number of carbonyl (C=O) groups excluding carboxylic acids is 1. The van der Waals surface area contributed by atoms with Crippen LogP contribution in [0.4, 0.5) is 26.6 Å². The second-order valence-corrected chi connectivity index (χ2v) is 10.1. The predicted molar refractivity (Wildman–Crippen MR) is 144 cm³/mol. The second kappa shape index (κ2) is 9.64. The number of anilines is 3. The summed E-state index contributed by atoms with van der Waals surface area (Å²) in [6.07, 6.45) is 1.61. The fraction of sp³-hybridized carbons (Fsp3) is 0.346. The molecule has 37 heavy (non-hydrogen) atoms. The summed E-state index contributed by atoms with van der Waals surface area (Å²) < 4.78 is 17.8. The topological polar surface area (TPSA) is 119 Å². The minimum atomic E-state index is -0.633. The number of pyridine rings is 1. The van der Waals surface area contributed by atoms with Gasteiger partial charge in [-0.05, 0) is 37.6 Å². The Bertz CT molecular complexity index is 1550. The lowest BCUT2D eigenvalue weighted by molar-refractivity contribution is 0.261. The molecule has 3 heterocycles. The molecule has 0 aliphatic rings. The van der Waals surface area contributed by atoms with Gasteiger partial charge in [0.15, 0.2) is 0 Å². The molecule has 4 aromatic rings. The Hall–Kier alpha value is -4.28. The van der Waals surface area contributed by atoms with Gasteiger partial charge in [0.05, 0.1) is 11.4 Å². The largest absolute Gasteiger partial charge is 0.357 e. The number of carbonyl (C=O) groups is 1. The number of rotatable bonds is 5. The molecular weight excluding hydrogens is 475 g/mol. The van der Waals surface area contributed by atoms with Crippen LogP contribution < -0.4 is 21.5 Å². The van der Waals surface area contributed by atoms with Gasteiger partial charge in [-0.25, -0.2) is 18.9 Å². The molecule has 0 radical (unpaired) electrons. The fourth-order valence-electron chi connectivity index (χ4n) is 3.88. The van der Waals surface area contributed by atoms with Gasteiger partial charge >= 0.3 is 6.03 Å². The molecule has 0 spiro atoms. The Morgan fingerprint density at radius 3 is 2.49 bits per heavy atom. The van der Waals surface area contributed by atoms with Gasteiger partial charge in [-0.2, -0.15) is 10.1 Å². The maximum atomic E-state index is 14.7. The summed E-state index contributed by atoms with van der Waals surface area (Å²) in [5, 5.41) is 13.4. The molecule has 10 nitrogen and oxygen atoms in total. The Morgan fingerprint density at radius 1 is 1.11 bits per heavy atom. The molecule has 0 saturated heterocycles. The highest BCUT2D eigenvalue weighted by atomic mass is 19.1. The molecular formula is C26H31FN8O2. The monoisotopic (exact) mass is 506 g/mol. The maximum Gasteiger partial charge on any atom is 0.324 e. The molecule has 11 heteroatoms. The maximum absolute atomic E-state index is 14.7. The van der Waals surface area contributed by atoms with Crippen LogP contribution in [0, 0.1) is 5.82 Å². The highest BCUT2D eigenvalue weighted by Crippen LogP contribution is 2.28. The minimum absolute atomic E-state index is 0.00347. The van der Waals surface area contributed by atoms with Gasteiger partial charge in [0, 0.05) is 48.8 Å². The molecule has 0 fully saturated rings. The first-order valence-electron chi connectivity index (χ1n) is 11.9. The van der Waals surface area contributed by atoms with Crippen LogP contribution in [0.5, 0.6) is 0 Å². The minimum Gasteiger partial charge on any atom is -0.357 e. The number of hydrogen-bond donors (Lipinski definition) is 3. The van der Waals surface area contributed by atoms with Crippen LogP contribution in [-0.4, -0.2) is 37.4 Å². The SMILES string of the molecule is CNc1ncc2cc(-c3ccc(F)c(NC(=O)Nc4cc(C(C)(C)C)nn4C(C)C)c3)c(=O)n(C)c2n1. The first-order valence-corrected chi connectivity index (χ1v) is 11.9. The van der Waals surface area contributed by atoms with Gasteiger partial charge < -0.3 is 10.6 Å². The summed E-state index contributed by atoms with van der Waals surface area (Å²) in [5.41, 5.74) is 1.47. The van der Waals surface area contributed by atoms with Gasteiger partial charge in [-0.3, -0.25) is 14.7 Å². The zero-order valence-corrected chi connectivity index (χ0v) is 22.0. The highest BCUT2D eigenvalue weighted by Gasteiger charge is 2.22. The van der Waals surface area contributed by atoms with Crippen molar-refractivity contribution in [2.45, 2.75) is 46.1 Å². The normalized spacial score (nSPS) is 11.7. The van der Waals surface area contributed by atoms with Gasteiger partial charge in [-0.1, -0.05) is 26.8 Å². The van der Waals surface area contributed by atoms with E-state index in [1.165, 1.54) is 22.8 Å².